The van der Waals surface area contributed by atoms with Crippen LogP contribution >= 0.6 is 23.2 Å². The number of phenols is 3. The zero-order chi connectivity index (χ0) is 73.5. The van der Waals surface area contributed by atoms with Gasteiger partial charge in [0, 0.05) is 34.7 Å². The summed E-state index contributed by atoms with van der Waals surface area (Å²) in [5.74, 6) is -16.7. The fourth-order valence-electron chi connectivity index (χ4n) is 12.4. The van der Waals surface area contributed by atoms with E-state index in [0.717, 1.165) is 72.8 Å². The zero-order valence-electron chi connectivity index (χ0n) is 54.2. The third-order valence-electron chi connectivity index (χ3n) is 17.8. The summed E-state index contributed by atoms with van der Waals surface area (Å²) in [5.41, 5.74) is 2.21. The van der Waals surface area contributed by atoms with Crippen LogP contribution in [0.3, 0.4) is 0 Å². The molecule has 35 heteroatoms. The number of carboxylic acids is 2. The highest BCUT2D eigenvalue weighted by Crippen LogP contribution is 2.50. The molecule has 0 spiro atoms. The quantitative estimate of drug-likeness (QED) is 0.0817. The second-order valence-electron chi connectivity index (χ2n) is 25.6. The maximum atomic E-state index is 15.9. The number of likely N-dealkylation sites (N-methyl/N-ethyl adjacent to an activating group) is 1. The summed E-state index contributed by atoms with van der Waals surface area (Å²) in [6.45, 7) is 5.63. The van der Waals surface area contributed by atoms with Crippen molar-refractivity contribution >= 4 is 70.6 Å². The molecule has 11 bridgehead atoms. The molecule has 5 aromatic rings. The van der Waals surface area contributed by atoms with Crippen molar-refractivity contribution < 1.29 is 123 Å². The number of benzene rings is 5. The Hall–Kier alpha value is -9.20. The number of hydrogen-bond acceptors (Lipinski definition) is 25. The number of ether oxygens (including phenoxy) is 6. The minimum Gasteiger partial charge on any atom is -0.508 e. The summed E-state index contributed by atoms with van der Waals surface area (Å²) >= 11 is 14.1. The normalized spacial score (nSPS) is 29.6. The number of halogens is 2. The number of phenolic OH excluding ortho intramolecular Hbond substituents is 3. The molecule has 0 radical (unpaired) electrons. The number of nitrogens with one attached hydrogen (secondary N) is 7. The van der Waals surface area contributed by atoms with E-state index in [9.17, 15) is 84.9 Å². The molecular formula is C66H74Cl2N8O25. The fraction of sp³-hybridized carbons (Fsp3) is 0.424. The maximum Gasteiger partial charge on any atom is 0.330 e. The largest absolute Gasteiger partial charge is 0.508 e. The van der Waals surface area contributed by atoms with Crippen LogP contribution in [-0.4, -0.2) is 196 Å². The van der Waals surface area contributed by atoms with Gasteiger partial charge in [-0.05, 0) is 110 Å². The van der Waals surface area contributed by atoms with Crippen LogP contribution < -0.4 is 57.2 Å². The lowest BCUT2D eigenvalue weighted by atomic mass is 9.86. The Morgan fingerprint density at radius 3 is 1.90 bits per heavy atom. The van der Waals surface area contributed by atoms with Crippen molar-refractivity contribution in [1.82, 2.24) is 37.2 Å². The Morgan fingerprint density at radius 1 is 0.703 bits per heavy atom. The summed E-state index contributed by atoms with van der Waals surface area (Å²) in [7, 11) is 1.46. The first kappa shape index (κ1) is 74.5. The molecule has 0 aliphatic carbocycles. The minimum absolute atomic E-state index is 0.0991. The van der Waals surface area contributed by atoms with Crippen molar-refractivity contribution in [3.8, 4) is 57.1 Å². The molecule has 5 aromatic carbocycles. The van der Waals surface area contributed by atoms with Gasteiger partial charge in [0.2, 0.25) is 47.5 Å². The Labute approximate surface area is 583 Å². The van der Waals surface area contributed by atoms with Gasteiger partial charge < -0.3 is 128 Å². The van der Waals surface area contributed by atoms with Gasteiger partial charge in [0.15, 0.2) is 29.9 Å². The highest BCUT2D eigenvalue weighted by molar-refractivity contribution is 6.32. The number of carbonyl (C=O) groups excluding carboxylic acids is 6. The molecule has 0 saturated carbocycles. The van der Waals surface area contributed by atoms with Crippen LogP contribution in [0.4, 0.5) is 0 Å². The summed E-state index contributed by atoms with van der Waals surface area (Å²) < 4.78 is 38.2. The number of fused-ring (bicyclic) bond motifs is 16. The minimum atomic E-state index is -2.32. The van der Waals surface area contributed by atoms with Gasteiger partial charge in [-0.2, -0.15) is 0 Å². The zero-order valence-corrected chi connectivity index (χ0v) is 55.7. The molecule has 18 unspecified atom stereocenters. The van der Waals surface area contributed by atoms with Crippen LogP contribution in [0.1, 0.15) is 105 Å². The molecule has 12 rings (SSSR count). The number of hydrogen-bond donors (Lipinski definition) is 19. The predicted octanol–water partition coefficient (Wildman–Crippen LogP) is 0.706. The van der Waals surface area contributed by atoms with Crippen LogP contribution in [-0.2, 0) is 52.6 Å². The van der Waals surface area contributed by atoms with Crippen LogP contribution in [0.2, 0.25) is 10.0 Å². The van der Waals surface area contributed by atoms with E-state index in [1.807, 2.05) is 13.8 Å². The van der Waals surface area contributed by atoms with Crippen LogP contribution in [0.15, 0.2) is 78.9 Å². The number of aliphatic hydroxyl groups excluding tert-OH is 6. The standard InChI is InChI=1S/C66H74Cl2N8O25/c1-23(2)12-34(70-5)58(87)75-49-51(82)26-7-10-38(32(67)14-26)97-40-16-28-17-41(55(40)101-65-56(54(85)53(84)42(22-77)99-65)100-44-21-66(4,69)57(86)24(3)96-44)98-39-11-8-27(15-33(39)68)52(83)50-62(91)74-48(64(94)95)31-18-29(78)19-37(80)45(31)30-13-25(6-9-36(30)79)46(59(88)76-50)73-60(89)47(28)72-43(81)20-35(63(92)93)71-61(49)90/h6-11,13-19,23-24,34-35,42,44,46-54,56-57,65,70,77-80,82-86H,12,20-22,69H2,1-5H3,(H,71,90)(H,72,81)(H,73,89)(H,74,91)(H,75,87)(H,76,88)(H,92,93)(H,94,95). The van der Waals surface area contributed by atoms with Crippen molar-refractivity contribution in [2.75, 3.05) is 13.7 Å². The second kappa shape index (κ2) is 30.2. The lowest BCUT2D eigenvalue weighted by Gasteiger charge is -2.47. The van der Waals surface area contributed by atoms with E-state index in [-0.39, 0.29) is 41.2 Å². The van der Waals surface area contributed by atoms with Crippen molar-refractivity contribution in [3.63, 3.8) is 0 Å². The van der Waals surface area contributed by atoms with Crippen LogP contribution in [0, 0.1) is 5.92 Å². The van der Waals surface area contributed by atoms with Crippen molar-refractivity contribution in [1.29, 1.82) is 0 Å². The van der Waals surface area contributed by atoms with Crippen molar-refractivity contribution in [2.24, 2.45) is 11.7 Å². The van der Waals surface area contributed by atoms with Gasteiger partial charge in [-0.15, -0.1) is 0 Å². The third-order valence-corrected chi connectivity index (χ3v) is 18.3. The molecule has 7 aliphatic heterocycles. The van der Waals surface area contributed by atoms with E-state index >= 15 is 9.59 Å². The van der Waals surface area contributed by atoms with Crippen molar-refractivity contribution in [2.45, 2.75) is 156 Å². The summed E-state index contributed by atoms with van der Waals surface area (Å²) in [6, 6.07) is -0.942. The van der Waals surface area contributed by atoms with E-state index < -0.39 is 242 Å². The number of amides is 6. The fourth-order valence-corrected chi connectivity index (χ4v) is 12.9. The summed E-state index contributed by atoms with van der Waals surface area (Å²) in [4.78, 5) is 116. The molecule has 2 fully saturated rings. The molecule has 101 heavy (non-hydrogen) atoms. The van der Waals surface area contributed by atoms with Crippen LogP contribution in [0.25, 0.3) is 11.1 Å². The van der Waals surface area contributed by atoms with Gasteiger partial charge in [-0.3, -0.25) is 28.8 Å². The topological polar surface area (TPSA) is 525 Å². The average Bonchev–Trinajstić information content (AvgIpc) is 0.953. The number of rotatable bonds is 12. The highest BCUT2D eigenvalue weighted by Gasteiger charge is 2.51. The Kier molecular flexibility index (Phi) is 22.2. The number of aromatic hydroxyl groups is 3. The van der Waals surface area contributed by atoms with Gasteiger partial charge in [-0.1, -0.05) is 55.2 Å². The molecule has 0 aromatic heterocycles. The monoisotopic (exact) mass is 1450 g/mol. The van der Waals surface area contributed by atoms with Gasteiger partial charge in [-0.25, -0.2) is 9.59 Å². The number of carbonyl (C=O) groups is 8. The molecule has 2 saturated heterocycles. The molecule has 6 amide bonds. The van der Waals surface area contributed by atoms with E-state index in [1.54, 1.807) is 0 Å². The number of carboxylic acid groups (broad SMARTS) is 2. The Morgan fingerprint density at radius 2 is 1.32 bits per heavy atom. The molecular weight excluding hydrogens is 1380 g/mol. The molecule has 7 aliphatic rings. The molecule has 7 heterocycles. The smallest absolute Gasteiger partial charge is 0.330 e. The van der Waals surface area contributed by atoms with Crippen LogP contribution in [0.5, 0.6) is 46.0 Å². The first-order valence-corrected chi connectivity index (χ1v) is 32.3. The molecule has 33 nitrogen and oxygen atoms in total. The first-order chi connectivity index (χ1) is 47.7. The number of aliphatic hydroxyl groups is 6. The third kappa shape index (κ3) is 15.8. The molecule has 18 atom stereocenters. The number of nitrogens with two attached hydrogens (primary N) is 1. The lowest BCUT2D eigenvalue weighted by Crippen LogP contribution is -2.64. The Bertz CT molecular complexity index is 4070. The number of aliphatic carboxylic acids is 2. The molecule has 20 N–H and O–H groups in total. The molecule has 542 valence electrons. The SMILES string of the molecule is CNC(CC(C)C)C(=O)NC1C(=O)NC(C(=O)O)CC(=O)NC2C(=O)NC3C(=O)NC(C(=O)NC(C(=O)O)c4cc(O)cc(O)c4-c4cc3ccc4O)C(O)c3ccc(c(Cl)c3)Oc3cc2cc(c3OC2OC(CO)C(O)C(O)C2OC2CC(C)(N)C(O)C(C)O2)Oc2ccc(cc2Cl)C1O. The van der Waals surface area contributed by atoms with E-state index in [2.05, 4.69) is 37.2 Å². The van der Waals surface area contributed by atoms with Crippen molar-refractivity contribution in [3.05, 3.63) is 117 Å². The van der Waals surface area contributed by atoms with E-state index in [1.165, 1.54) is 27.0 Å². The van der Waals surface area contributed by atoms with Gasteiger partial charge >= 0.3 is 11.9 Å². The highest BCUT2D eigenvalue weighted by atomic mass is 35.5. The van der Waals surface area contributed by atoms with Gasteiger partial charge in [0.25, 0.3) is 0 Å². The first-order valence-electron chi connectivity index (χ1n) is 31.6. The van der Waals surface area contributed by atoms with Gasteiger partial charge in [0.05, 0.1) is 41.3 Å². The Balaban J connectivity index is 1.23. The second-order valence-corrected chi connectivity index (χ2v) is 26.5. The summed E-state index contributed by atoms with van der Waals surface area (Å²) in [6.07, 6.45) is -18.8. The maximum absolute atomic E-state index is 15.9. The average molecular weight is 1450 g/mol. The predicted molar refractivity (Wildman–Crippen MR) is 348 cm³/mol. The van der Waals surface area contributed by atoms with E-state index in [0.29, 0.717) is 0 Å². The van der Waals surface area contributed by atoms with Gasteiger partial charge in [0.1, 0.15) is 89.5 Å². The lowest BCUT2D eigenvalue weighted by molar-refractivity contribution is -0.333. The van der Waals surface area contributed by atoms with E-state index in [4.69, 9.17) is 57.4 Å². The summed E-state index contributed by atoms with van der Waals surface area (Å²) in [5, 5.41) is 141.